The smallest absolute Gasteiger partial charge is 0.243 e. The Labute approximate surface area is 232 Å². The zero-order chi connectivity index (χ0) is 27.7. The van der Waals surface area contributed by atoms with Crippen molar-refractivity contribution in [2.45, 2.75) is 83.8 Å². The summed E-state index contributed by atoms with van der Waals surface area (Å²) < 4.78 is 26.4. The van der Waals surface area contributed by atoms with Crippen LogP contribution in [0, 0.1) is 6.92 Å². The van der Waals surface area contributed by atoms with Crippen LogP contribution in [0.4, 0.5) is 5.69 Å². The third kappa shape index (κ3) is 8.46. The monoisotopic (exact) mass is 561 g/mol. The minimum atomic E-state index is -3.53. The van der Waals surface area contributed by atoms with Gasteiger partial charge in [0.15, 0.2) is 0 Å². The first-order valence-electron chi connectivity index (χ1n) is 13.5. The number of benzene rings is 2. The SMILES string of the molecule is CCC(C(=O)NC1CCCCC1)N(Cc1ccccc1Cl)C(=O)CCCN(c1cccc(C)c1)S(C)(=O)=O. The van der Waals surface area contributed by atoms with E-state index in [0.29, 0.717) is 23.6 Å². The highest BCUT2D eigenvalue weighted by atomic mass is 35.5. The molecule has 1 aliphatic rings. The van der Waals surface area contributed by atoms with E-state index in [9.17, 15) is 18.0 Å². The van der Waals surface area contributed by atoms with Crippen molar-refractivity contribution in [2.75, 3.05) is 17.1 Å². The summed E-state index contributed by atoms with van der Waals surface area (Å²) in [5.41, 5.74) is 2.29. The molecule has 38 heavy (non-hydrogen) atoms. The molecule has 3 rings (SSSR count). The number of amides is 2. The molecule has 1 fully saturated rings. The fourth-order valence-electron chi connectivity index (χ4n) is 5.06. The Morgan fingerprint density at radius 2 is 1.79 bits per heavy atom. The van der Waals surface area contributed by atoms with E-state index in [0.717, 1.165) is 36.8 Å². The third-order valence-electron chi connectivity index (χ3n) is 7.08. The molecule has 1 saturated carbocycles. The summed E-state index contributed by atoms with van der Waals surface area (Å²) >= 11 is 6.42. The summed E-state index contributed by atoms with van der Waals surface area (Å²) in [4.78, 5) is 28.6. The van der Waals surface area contributed by atoms with Gasteiger partial charge in [-0.05, 0) is 61.9 Å². The minimum Gasteiger partial charge on any atom is -0.352 e. The number of sulfonamides is 1. The molecule has 0 bridgehead atoms. The van der Waals surface area contributed by atoms with Crippen LogP contribution in [0.15, 0.2) is 48.5 Å². The number of hydrogen-bond acceptors (Lipinski definition) is 4. The van der Waals surface area contributed by atoms with E-state index in [1.807, 2.05) is 50.2 Å². The molecule has 1 aliphatic carbocycles. The average molecular weight is 562 g/mol. The second-order valence-electron chi connectivity index (χ2n) is 10.2. The molecule has 208 valence electrons. The van der Waals surface area contributed by atoms with E-state index in [1.165, 1.54) is 17.0 Å². The summed E-state index contributed by atoms with van der Waals surface area (Å²) in [5, 5.41) is 3.71. The van der Waals surface area contributed by atoms with Gasteiger partial charge in [-0.15, -0.1) is 0 Å². The molecule has 7 nitrogen and oxygen atoms in total. The lowest BCUT2D eigenvalue weighted by Crippen LogP contribution is -2.51. The molecule has 2 aromatic carbocycles. The van der Waals surface area contributed by atoms with Crippen LogP contribution in [-0.2, 0) is 26.2 Å². The van der Waals surface area contributed by atoms with Crippen molar-refractivity contribution >= 4 is 39.1 Å². The number of aryl methyl sites for hydroxylation is 1. The van der Waals surface area contributed by atoms with Crippen molar-refractivity contribution in [3.8, 4) is 0 Å². The van der Waals surface area contributed by atoms with Crippen LogP contribution in [0.3, 0.4) is 0 Å². The van der Waals surface area contributed by atoms with Gasteiger partial charge in [0.25, 0.3) is 0 Å². The Hall–Kier alpha value is -2.58. The van der Waals surface area contributed by atoms with Crippen molar-refractivity contribution in [3.63, 3.8) is 0 Å². The molecule has 1 atom stereocenters. The largest absolute Gasteiger partial charge is 0.352 e. The number of rotatable bonds is 12. The van der Waals surface area contributed by atoms with Gasteiger partial charge >= 0.3 is 0 Å². The van der Waals surface area contributed by atoms with Crippen molar-refractivity contribution in [1.82, 2.24) is 10.2 Å². The van der Waals surface area contributed by atoms with Crippen molar-refractivity contribution in [2.24, 2.45) is 0 Å². The predicted molar refractivity (Wildman–Crippen MR) is 154 cm³/mol. The highest BCUT2D eigenvalue weighted by Crippen LogP contribution is 2.23. The summed E-state index contributed by atoms with van der Waals surface area (Å²) in [6.45, 7) is 4.19. The van der Waals surface area contributed by atoms with Crippen LogP contribution < -0.4 is 9.62 Å². The van der Waals surface area contributed by atoms with E-state index in [4.69, 9.17) is 11.6 Å². The lowest BCUT2D eigenvalue weighted by atomic mass is 9.95. The zero-order valence-electron chi connectivity index (χ0n) is 22.7. The Morgan fingerprint density at radius 1 is 1.08 bits per heavy atom. The van der Waals surface area contributed by atoms with E-state index in [2.05, 4.69) is 5.32 Å². The first kappa shape index (κ1) is 30.0. The van der Waals surface area contributed by atoms with Gasteiger partial charge in [-0.3, -0.25) is 13.9 Å². The van der Waals surface area contributed by atoms with Gasteiger partial charge in [0.2, 0.25) is 21.8 Å². The molecule has 1 N–H and O–H groups in total. The van der Waals surface area contributed by atoms with Crippen LogP contribution in [-0.4, -0.2) is 50.0 Å². The predicted octanol–water partition coefficient (Wildman–Crippen LogP) is 5.45. The lowest BCUT2D eigenvalue weighted by molar-refractivity contribution is -0.141. The quantitative estimate of drug-likeness (QED) is 0.373. The topological polar surface area (TPSA) is 86.8 Å². The second kappa shape index (κ2) is 14.0. The first-order chi connectivity index (χ1) is 18.1. The van der Waals surface area contributed by atoms with Gasteiger partial charge in [-0.2, -0.15) is 0 Å². The maximum Gasteiger partial charge on any atom is 0.243 e. The highest BCUT2D eigenvalue weighted by molar-refractivity contribution is 7.92. The molecular formula is C29H40ClN3O4S. The number of hydrogen-bond donors (Lipinski definition) is 1. The van der Waals surface area contributed by atoms with Gasteiger partial charge in [0.1, 0.15) is 6.04 Å². The van der Waals surface area contributed by atoms with Crippen LogP contribution >= 0.6 is 11.6 Å². The van der Waals surface area contributed by atoms with E-state index >= 15 is 0 Å². The number of carbonyl (C=O) groups is 2. The third-order valence-corrected chi connectivity index (χ3v) is 8.64. The van der Waals surface area contributed by atoms with Gasteiger partial charge in [0.05, 0.1) is 11.9 Å². The van der Waals surface area contributed by atoms with E-state index in [1.54, 1.807) is 17.0 Å². The molecule has 0 aliphatic heterocycles. The fraction of sp³-hybridized carbons (Fsp3) is 0.517. The highest BCUT2D eigenvalue weighted by Gasteiger charge is 2.30. The first-order valence-corrected chi connectivity index (χ1v) is 15.7. The van der Waals surface area contributed by atoms with Crippen LogP contribution in [0.5, 0.6) is 0 Å². The maximum absolute atomic E-state index is 13.6. The van der Waals surface area contributed by atoms with E-state index in [-0.39, 0.29) is 37.4 Å². The Morgan fingerprint density at radius 3 is 2.42 bits per heavy atom. The number of anilines is 1. The normalized spacial score (nSPS) is 15.1. The minimum absolute atomic E-state index is 0.107. The molecular weight excluding hydrogens is 522 g/mol. The number of carbonyl (C=O) groups excluding carboxylic acids is 2. The molecule has 0 spiro atoms. The van der Waals surface area contributed by atoms with Crippen molar-refractivity contribution < 1.29 is 18.0 Å². The standard InChI is InChI=1S/C29H40ClN3O4S/c1-4-27(29(35)31-24-14-6-5-7-15-24)32(21-23-13-8-9-17-26(23)30)28(34)18-11-19-33(38(3,36)37)25-16-10-12-22(2)20-25/h8-10,12-13,16-17,20,24,27H,4-7,11,14-15,18-19,21H2,1-3H3,(H,31,35). The van der Waals surface area contributed by atoms with E-state index < -0.39 is 16.1 Å². The molecule has 0 saturated heterocycles. The van der Waals surface area contributed by atoms with Gasteiger partial charge in [-0.25, -0.2) is 8.42 Å². The van der Waals surface area contributed by atoms with Crippen molar-refractivity contribution in [1.29, 1.82) is 0 Å². The average Bonchev–Trinajstić information content (AvgIpc) is 2.87. The summed E-state index contributed by atoms with van der Waals surface area (Å²) in [7, 11) is -3.53. The number of nitrogens with one attached hydrogen (secondary N) is 1. The molecule has 2 aromatic rings. The van der Waals surface area contributed by atoms with Gasteiger partial charge in [-0.1, -0.05) is 68.1 Å². The molecule has 1 unspecified atom stereocenters. The number of halogens is 1. The Bertz CT molecular complexity index is 1200. The molecule has 9 heteroatoms. The van der Waals surface area contributed by atoms with Gasteiger partial charge in [0, 0.05) is 30.6 Å². The molecule has 2 amide bonds. The lowest BCUT2D eigenvalue weighted by Gasteiger charge is -2.33. The molecule has 0 radical (unpaired) electrons. The Kier molecular flexibility index (Phi) is 11.0. The summed E-state index contributed by atoms with van der Waals surface area (Å²) in [6, 6.07) is 14.1. The van der Waals surface area contributed by atoms with Crippen molar-refractivity contribution in [3.05, 3.63) is 64.7 Å². The van der Waals surface area contributed by atoms with Gasteiger partial charge < -0.3 is 10.2 Å². The second-order valence-corrected chi connectivity index (χ2v) is 12.5. The van der Waals surface area contributed by atoms with Crippen LogP contribution in [0.25, 0.3) is 0 Å². The zero-order valence-corrected chi connectivity index (χ0v) is 24.2. The van der Waals surface area contributed by atoms with Crippen LogP contribution in [0.1, 0.15) is 69.4 Å². The van der Waals surface area contributed by atoms with Crippen LogP contribution in [0.2, 0.25) is 5.02 Å². The maximum atomic E-state index is 13.6. The fourth-order valence-corrected chi connectivity index (χ4v) is 6.21. The molecule has 0 heterocycles. The number of nitrogens with zero attached hydrogens (tertiary/aromatic N) is 2. The summed E-state index contributed by atoms with van der Waals surface area (Å²) in [5.74, 6) is -0.342. The summed E-state index contributed by atoms with van der Waals surface area (Å²) in [6.07, 6.45) is 7.37. The Balaban J connectivity index is 1.76. The molecule has 0 aromatic heterocycles.